The van der Waals surface area contributed by atoms with E-state index in [-0.39, 0.29) is 58.4 Å². The molecule has 0 saturated carbocycles. The second kappa shape index (κ2) is 6.70. The SMILES string of the molecule is O=P1([O-])Oc2ccc3ccccc3c2-c2c(ccc3ccccc23)O1.[Yb]. The van der Waals surface area contributed by atoms with Gasteiger partial charge in [0.15, 0.2) is 0 Å². The van der Waals surface area contributed by atoms with Crippen LogP contribution in [0.3, 0.4) is 0 Å². The molecule has 1 heterocycles. The van der Waals surface area contributed by atoms with Crippen molar-refractivity contribution in [1.82, 2.24) is 0 Å². The molecular weight excluding hydrogens is 508 g/mol. The topological polar surface area (TPSA) is 58.6 Å². The summed E-state index contributed by atoms with van der Waals surface area (Å²) in [6.07, 6.45) is 0. The van der Waals surface area contributed by atoms with Crippen molar-refractivity contribution in [2.45, 2.75) is 0 Å². The van der Waals surface area contributed by atoms with Gasteiger partial charge < -0.3 is 13.9 Å². The van der Waals surface area contributed by atoms with E-state index in [0.717, 1.165) is 32.7 Å². The number of phosphoric ester groups is 1. The predicted octanol–water partition coefficient (Wildman–Crippen LogP) is 4.90. The summed E-state index contributed by atoms with van der Waals surface area (Å²) in [5.74, 6) is 0.569. The largest absolute Gasteiger partial charge is 0.736 e. The first kappa shape index (κ1) is 18.1. The van der Waals surface area contributed by atoms with Crippen LogP contribution in [-0.4, -0.2) is 0 Å². The number of phosphoric acid groups is 1. The van der Waals surface area contributed by atoms with Crippen molar-refractivity contribution in [2.75, 3.05) is 0 Å². The summed E-state index contributed by atoms with van der Waals surface area (Å²) in [5.41, 5.74) is 1.47. The van der Waals surface area contributed by atoms with Crippen molar-refractivity contribution in [3.63, 3.8) is 0 Å². The summed E-state index contributed by atoms with van der Waals surface area (Å²) < 4.78 is 22.8. The Bertz CT molecular complexity index is 1110. The van der Waals surface area contributed by atoms with E-state index in [9.17, 15) is 9.46 Å². The zero-order valence-corrected chi connectivity index (χ0v) is 15.9. The van der Waals surface area contributed by atoms with Gasteiger partial charge in [-0.3, -0.25) is 0 Å². The maximum absolute atomic E-state index is 12.3. The fraction of sp³-hybridized carbons (Fsp3) is 0. The van der Waals surface area contributed by atoms with Crippen molar-refractivity contribution < 1.29 is 65.4 Å². The number of hydrogen-bond acceptors (Lipinski definition) is 4. The van der Waals surface area contributed by atoms with E-state index in [1.807, 2.05) is 60.7 Å². The Hall–Kier alpha value is -1.29. The summed E-state index contributed by atoms with van der Waals surface area (Å²) in [6, 6.07) is 22.7. The van der Waals surface area contributed by atoms with Gasteiger partial charge in [0.2, 0.25) is 0 Å². The number of rotatable bonds is 0. The van der Waals surface area contributed by atoms with Gasteiger partial charge >= 0.3 is 7.82 Å². The van der Waals surface area contributed by atoms with E-state index in [1.54, 1.807) is 12.1 Å². The fourth-order valence-electron chi connectivity index (χ4n) is 3.43. The van der Waals surface area contributed by atoms with E-state index in [2.05, 4.69) is 0 Å². The van der Waals surface area contributed by atoms with E-state index in [1.165, 1.54) is 0 Å². The first-order chi connectivity index (χ1) is 12.1. The van der Waals surface area contributed by atoms with Crippen molar-refractivity contribution in [1.29, 1.82) is 0 Å². The van der Waals surface area contributed by atoms with Crippen molar-refractivity contribution in [2.24, 2.45) is 0 Å². The Morgan fingerprint density at radius 1 is 0.654 bits per heavy atom. The van der Waals surface area contributed by atoms with Crippen molar-refractivity contribution in [3.05, 3.63) is 72.8 Å². The van der Waals surface area contributed by atoms with Crippen LogP contribution in [0.5, 0.6) is 11.5 Å². The molecule has 0 aliphatic carbocycles. The molecule has 0 N–H and O–H groups in total. The minimum Gasteiger partial charge on any atom is -0.736 e. The van der Waals surface area contributed by atoms with Gasteiger partial charge in [-0.25, -0.2) is 4.57 Å². The Kier molecular flexibility index (Phi) is 4.66. The van der Waals surface area contributed by atoms with Gasteiger partial charge in [0, 0.05) is 58.1 Å². The number of hydrogen-bond donors (Lipinski definition) is 0. The van der Waals surface area contributed by atoms with Crippen LogP contribution in [0.2, 0.25) is 0 Å². The molecule has 0 unspecified atom stereocenters. The standard InChI is InChI=1S/C20H13O4P.Yb/c21-25(22)23-17-11-9-13-5-1-3-7-15(13)19(17)20-16-8-4-2-6-14(16)10-12-18(20)24-25;/h1-12H,(H,21,22);/p-1. The smallest absolute Gasteiger partial charge is 0.372 e. The molecule has 1 aliphatic heterocycles. The minimum absolute atomic E-state index is 0. The molecule has 0 amide bonds. The van der Waals surface area contributed by atoms with Crippen LogP contribution in [0.1, 0.15) is 0 Å². The Morgan fingerprint density at radius 2 is 1.08 bits per heavy atom. The molecule has 0 atom stereocenters. The molecule has 6 heteroatoms. The monoisotopic (exact) mass is 521 g/mol. The molecule has 4 aromatic rings. The van der Waals surface area contributed by atoms with Gasteiger partial charge in [-0.1, -0.05) is 60.7 Å². The van der Waals surface area contributed by atoms with Crippen LogP contribution >= 0.6 is 7.82 Å². The molecule has 5 rings (SSSR count). The second-order valence-corrected chi connectivity index (χ2v) is 7.21. The molecule has 4 aromatic carbocycles. The molecular formula is C20H12O4PYb-. The number of fused-ring (bicyclic) bond motifs is 7. The molecule has 0 bridgehead atoms. The quantitative estimate of drug-likeness (QED) is 0.310. The van der Waals surface area contributed by atoms with Crippen LogP contribution in [0, 0.1) is 46.9 Å². The zero-order chi connectivity index (χ0) is 17.0. The Labute approximate surface area is 188 Å². The van der Waals surface area contributed by atoms with Crippen molar-refractivity contribution >= 4 is 29.4 Å². The van der Waals surface area contributed by atoms with E-state index in [0.29, 0.717) is 0 Å². The zero-order valence-electron chi connectivity index (χ0n) is 13.3. The van der Waals surface area contributed by atoms with Gasteiger partial charge in [0.25, 0.3) is 0 Å². The normalized spacial score (nSPS) is 14.3. The molecule has 0 saturated heterocycles. The van der Waals surface area contributed by atoms with Crippen LogP contribution in [0.25, 0.3) is 32.7 Å². The van der Waals surface area contributed by atoms with Gasteiger partial charge in [-0.15, -0.1) is 0 Å². The van der Waals surface area contributed by atoms with Crippen molar-refractivity contribution in [3.8, 4) is 22.6 Å². The summed E-state index contributed by atoms with van der Waals surface area (Å²) >= 11 is 0. The van der Waals surface area contributed by atoms with Crippen LogP contribution in [0.15, 0.2) is 72.8 Å². The maximum Gasteiger partial charge on any atom is 0.372 e. The van der Waals surface area contributed by atoms with Crippen LogP contribution < -0.4 is 13.9 Å². The van der Waals surface area contributed by atoms with Crippen LogP contribution in [0.4, 0.5) is 0 Å². The molecule has 0 radical (unpaired) electrons. The molecule has 136 valence electrons. The third-order valence-corrected chi connectivity index (χ3v) is 5.29. The van der Waals surface area contributed by atoms with E-state index in [4.69, 9.17) is 9.05 Å². The van der Waals surface area contributed by atoms with Gasteiger partial charge in [-0.05, 0) is 33.7 Å². The average Bonchev–Trinajstić information content (AvgIpc) is 2.73. The van der Waals surface area contributed by atoms with E-state index >= 15 is 0 Å². The van der Waals surface area contributed by atoms with Gasteiger partial charge in [0.1, 0.15) is 11.5 Å². The first-order valence-corrected chi connectivity index (χ1v) is 9.33. The van der Waals surface area contributed by atoms with E-state index < -0.39 is 7.82 Å². The predicted molar refractivity (Wildman–Crippen MR) is 95.8 cm³/mol. The summed E-state index contributed by atoms with van der Waals surface area (Å²) in [7, 11) is -4.50. The maximum atomic E-state index is 12.3. The molecule has 26 heavy (non-hydrogen) atoms. The second-order valence-electron chi connectivity index (χ2n) is 5.95. The first-order valence-electron chi connectivity index (χ1n) is 7.86. The Morgan fingerprint density at radius 3 is 1.54 bits per heavy atom. The summed E-state index contributed by atoms with van der Waals surface area (Å²) in [6.45, 7) is 0. The fourth-order valence-corrected chi connectivity index (χ4v) is 4.25. The molecule has 4 nitrogen and oxygen atoms in total. The van der Waals surface area contributed by atoms with Gasteiger partial charge in [0.05, 0.1) is 0 Å². The summed E-state index contributed by atoms with van der Waals surface area (Å²) in [4.78, 5) is 12.3. The molecule has 0 spiro atoms. The number of benzene rings is 4. The molecule has 0 fully saturated rings. The third kappa shape index (κ3) is 2.90. The van der Waals surface area contributed by atoms with Gasteiger partial charge in [-0.2, -0.15) is 0 Å². The molecule has 1 aliphatic rings. The average molecular weight is 520 g/mol. The summed E-state index contributed by atoms with van der Waals surface area (Å²) in [5, 5.41) is 3.85. The van der Waals surface area contributed by atoms with Crippen LogP contribution in [-0.2, 0) is 4.57 Å². The Balaban J connectivity index is 0.00000168. The third-order valence-electron chi connectivity index (χ3n) is 4.45. The minimum atomic E-state index is -4.50. The molecule has 0 aromatic heterocycles.